The molecule has 0 aliphatic heterocycles. The number of Topliss-reactive ketones (excluding diaryl/α,β-unsaturated/α-hetero) is 1. The molecular weight excluding hydrogens is 344 g/mol. The van der Waals surface area contributed by atoms with Crippen molar-refractivity contribution in [2.24, 2.45) is 5.41 Å². The van der Waals surface area contributed by atoms with Gasteiger partial charge in [0.05, 0.1) is 5.56 Å². The molecule has 4 nitrogen and oxygen atoms in total. The molecule has 0 amide bonds. The molecule has 1 aromatic carbocycles. The zero-order valence-electron chi connectivity index (χ0n) is 12.4. The number of hydrogen-bond donors (Lipinski definition) is 1. The highest BCUT2D eigenvalue weighted by Gasteiger charge is 2.34. The summed E-state index contributed by atoms with van der Waals surface area (Å²) in [6.07, 6.45) is 1.20. The van der Waals surface area contributed by atoms with Gasteiger partial charge >= 0.3 is 0 Å². The summed E-state index contributed by atoms with van der Waals surface area (Å²) in [7, 11) is 0. The predicted molar refractivity (Wildman–Crippen MR) is 86.3 cm³/mol. The maximum Gasteiger partial charge on any atom is 0.196 e. The van der Waals surface area contributed by atoms with Gasteiger partial charge in [-0.1, -0.05) is 13.8 Å². The molecular formula is C17H15BrN2O2. The van der Waals surface area contributed by atoms with Crippen LogP contribution in [-0.2, 0) is 6.42 Å². The normalized spacial score (nSPS) is 16.2. The van der Waals surface area contributed by atoms with Crippen LogP contribution in [0.5, 0.6) is 5.88 Å². The minimum absolute atomic E-state index is 0.0488. The molecule has 0 saturated heterocycles. The number of rotatable bonds is 1. The van der Waals surface area contributed by atoms with Gasteiger partial charge in [0, 0.05) is 33.9 Å². The molecule has 5 heteroatoms. The molecule has 0 bridgehead atoms. The number of carbonyl (C=O) groups is 1. The van der Waals surface area contributed by atoms with E-state index in [1.54, 1.807) is 28.8 Å². The van der Waals surface area contributed by atoms with Gasteiger partial charge in [0.15, 0.2) is 11.7 Å². The van der Waals surface area contributed by atoms with E-state index in [1.807, 2.05) is 0 Å². The number of carbonyl (C=O) groups excluding carboxylic acids is 1. The highest BCUT2D eigenvalue weighted by molar-refractivity contribution is 9.10. The maximum absolute atomic E-state index is 12.3. The molecule has 1 N–H and O–H groups in total. The highest BCUT2D eigenvalue weighted by atomic mass is 79.9. The summed E-state index contributed by atoms with van der Waals surface area (Å²) in [5, 5.41) is 19.3. The number of nitrogens with zero attached hydrogens (tertiary/aromatic N) is 2. The number of nitriles is 1. The summed E-state index contributed by atoms with van der Waals surface area (Å²) in [5.74, 6) is 0.112. The van der Waals surface area contributed by atoms with Crippen LogP contribution >= 0.6 is 15.9 Å². The van der Waals surface area contributed by atoms with E-state index < -0.39 is 0 Å². The average Bonchev–Trinajstić information content (AvgIpc) is 2.74. The lowest BCUT2D eigenvalue weighted by atomic mass is 9.76. The first-order valence-corrected chi connectivity index (χ1v) is 7.78. The van der Waals surface area contributed by atoms with Gasteiger partial charge < -0.3 is 5.11 Å². The number of aromatic hydroxyl groups is 1. The third-order valence-electron chi connectivity index (χ3n) is 4.00. The molecule has 112 valence electrons. The summed E-state index contributed by atoms with van der Waals surface area (Å²) >= 11 is 3.36. The van der Waals surface area contributed by atoms with Gasteiger partial charge in [-0.05, 0) is 46.0 Å². The van der Waals surface area contributed by atoms with E-state index in [4.69, 9.17) is 5.26 Å². The summed E-state index contributed by atoms with van der Waals surface area (Å²) in [6, 6.07) is 8.88. The fourth-order valence-corrected chi connectivity index (χ4v) is 3.47. The number of aromatic nitrogens is 1. The minimum atomic E-state index is -0.129. The minimum Gasteiger partial charge on any atom is -0.494 e. The fourth-order valence-electron chi connectivity index (χ4n) is 3.02. The fraction of sp³-hybridized carbons (Fsp3) is 0.294. The van der Waals surface area contributed by atoms with Crippen LogP contribution in [0.15, 0.2) is 28.7 Å². The molecule has 0 radical (unpaired) electrons. The SMILES string of the molecule is CC1(C)CC(=O)c2cc(O)n(-c3ccc(C#N)c(Br)c3)c2C1. The second-order valence-electron chi connectivity index (χ2n) is 6.42. The maximum atomic E-state index is 12.3. The van der Waals surface area contributed by atoms with Crippen LogP contribution in [-0.4, -0.2) is 15.5 Å². The van der Waals surface area contributed by atoms with Crippen molar-refractivity contribution in [3.63, 3.8) is 0 Å². The van der Waals surface area contributed by atoms with Crippen molar-refractivity contribution in [3.8, 4) is 17.6 Å². The van der Waals surface area contributed by atoms with Crippen LogP contribution in [0.4, 0.5) is 0 Å². The predicted octanol–water partition coefficient (Wildman–Crippen LogP) is 3.97. The molecule has 0 fully saturated rings. The Labute approximate surface area is 137 Å². The summed E-state index contributed by atoms with van der Waals surface area (Å²) in [4.78, 5) is 12.3. The van der Waals surface area contributed by atoms with Crippen LogP contribution < -0.4 is 0 Å². The van der Waals surface area contributed by atoms with Crippen molar-refractivity contribution in [2.75, 3.05) is 0 Å². The summed E-state index contributed by atoms with van der Waals surface area (Å²) in [5.41, 5.74) is 2.56. The number of hydrogen-bond acceptors (Lipinski definition) is 3. The van der Waals surface area contributed by atoms with E-state index in [2.05, 4.69) is 35.8 Å². The zero-order chi connectivity index (χ0) is 16.1. The van der Waals surface area contributed by atoms with E-state index in [-0.39, 0.29) is 17.1 Å². The quantitative estimate of drug-likeness (QED) is 0.838. The van der Waals surface area contributed by atoms with E-state index in [0.717, 1.165) is 11.4 Å². The van der Waals surface area contributed by atoms with Crippen molar-refractivity contribution in [2.45, 2.75) is 26.7 Å². The molecule has 0 unspecified atom stereocenters. The second-order valence-corrected chi connectivity index (χ2v) is 7.27. The molecule has 0 atom stereocenters. The summed E-state index contributed by atoms with van der Waals surface area (Å²) in [6.45, 7) is 4.11. The molecule has 1 aromatic heterocycles. The third-order valence-corrected chi connectivity index (χ3v) is 4.66. The topological polar surface area (TPSA) is 66.0 Å². The molecule has 1 aliphatic rings. The standard InChI is InChI=1S/C17H15BrN2O2/c1-17(2)7-14-12(15(21)8-17)6-16(22)20(14)11-4-3-10(9-19)13(18)5-11/h3-6,22H,7-8H2,1-2H3. The Bertz CT molecular complexity index is 828. The van der Waals surface area contributed by atoms with Crippen LogP contribution in [0.3, 0.4) is 0 Å². The largest absolute Gasteiger partial charge is 0.494 e. The van der Waals surface area contributed by atoms with E-state index >= 15 is 0 Å². The Morgan fingerprint density at radius 1 is 1.32 bits per heavy atom. The number of halogens is 1. The van der Waals surface area contributed by atoms with Crippen molar-refractivity contribution in [1.29, 1.82) is 5.26 Å². The number of ketones is 1. The van der Waals surface area contributed by atoms with Gasteiger partial charge in [0.25, 0.3) is 0 Å². The van der Waals surface area contributed by atoms with Crippen LogP contribution in [0.1, 0.15) is 41.9 Å². The monoisotopic (exact) mass is 358 g/mol. The Balaban J connectivity index is 2.19. The zero-order valence-corrected chi connectivity index (χ0v) is 13.9. The molecule has 0 saturated carbocycles. The molecule has 2 aromatic rings. The van der Waals surface area contributed by atoms with Crippen LogP contribution in [0, 0.1) is 16.7 Å². The van der Waals surface area contributed by atoms with Gasteiger partial charge in [-0.15, -0.1) is 0 Å². The first-order valence-electron chi connectivity index (χ1n) is 6.99. The lowest BCUT2D eigenvalue weighted by molar-refractivity contribution is 0.0911. The van der Waals surface area contributed by atoms with Crippen molar-refractivity contribution < 1.29 is 9.90 Å². The second kappa shape index (κ2) is 4.99. The molecule has 3 rings (SSSR count). The van der Waals surface area contributed by atoms with Gasteiger partial charge in [0.2, 0.25) is 0 Å². The Morgan fingerprint density at radius 3 is 2.68 bits per heavy atom. The lowest BCUT2D eigenvalue weighted by Gasteiger charge is -2.29. The first-order chi connectivity index (χ1) is 10.3. The van der Waals surface area contributed by atoms with Crippen molar-refractivity contribution in [1.82, 2.24) is 4.57 Å². The Hall–Kier alpha value is -2.06. The Kier molecular flexibility index (Phi) is 3.37. The first kappa shape index (κ1) is 14.9. The molecule has 22 heavy (non-hydrogen) atoms. The van der Waals surface area contributed by atoms with Gasteiger partial charge in [0.1, 0.15) is 6.07 Å². The van der Waals surface area contributed by atoms with Crippen LogP contribution in [0.25, 0.3) is 5.69 Å². The molecule has 1 aliphatic carbocycles. The van der Waals surface area contributed by atoms with Crippen molar-refractivity contribution >= 4 is 21.7 Å². The summed E-state index contributed by atoms with van der Waals surface area (Å²) < 4.78 is 2.36. The van der Waals surface area contributed by atoms with E-state index in [1.165, 1.54) is 0 Å². The van der Waals surface area contributed by atoms with Crippen LogP contribution in [0.2, 0.25) is 0 Å². The highest BCUT2D eigenvalue weighted by Crippen LogP contribution is 2.39. The average molecular weight is 359 g/mol. The molecule has 0 spiro atoms. The smallest absolute Gasteiger partial charge is 0.196 e. The van der Waals surface area contributed by atoms with Gasteiger partial charge in [-0.25, -0.2) is 0 Å². The van der Waals surface area contributed by atoms with Gasteiger partial charge in [-0.2, -0.15) is 5.26 Å². The Morgan fingerprint density at radius 2 is 2.05 bits per heavy atom. The van der Waals surface area contributed by atoms with E-state index in [9.17, 15) is 9.90 Å². The molecule has 1 heterocycles. The van der Waals surface area contributed by atoms with Crippen molar-refractivity contribution in [3.05, 3.63) is 45.6 Å². The number of fused-ring (bicyclic) bond motifs is 1. The third kappa shape index (κ3) is 2.34. The number of benzene rings is 1. The lowest BCUT2D eigenvalue weighted by Crippen LogP contribution is -2.27. The van der Waals surface area contributed by atoms with E-state index in [0.29, 0.717) is 28.4 Å². The van der Waals surface area contributed by atoms with Gasteiger partial charge in [-0.3, -0.25) is 9.36 Å².